The van der Waals surface area contributed by atoms with Crippen LogP contribution in [0.1, 0.15) is 60.8 Å². The molecule has 1 saturated carbocycles. The van der Waals surface area contributed by atoms with Crippen molar-refractivity contribution in [1.82, 2.24) is 0 Å². The highest BCUT2D eigenvalue weighted by Crippen LogP contribution is 2.44. The molecule has 2 atom stereocenters. The quantitative estimate of drug-likeness (QED) is 0.614. The van der Waals surface area contributed by atoms with Crippen LogP contribution in [-0.2, 0) is 4.74 Å². The van der Waals surface area contributed by atoms with Gasteiger partial charge in [-0.1, -0.05) is 34.6 Å². The fourth-order valence-electron chi connectivity index (χ4n) is 3.06. The lowest BCUT2D eigenvalue weighted by molar-refractivity contribution is -0.0747. The van der Waals surface area contributed by atoms with Crippen LogP contribution in [0.15, 0.2) is 0 Å². The van der Waals surface area contributed by atoms with Crippen LogP contribution in [0.3, 0.4) is 0 Å². The van der Waals surface area contributed by atoms with E-state index in [1.807, 2.05) is 21.0 Å². The van der Waals surface area contributed by atoms with Gasteiger partial charge in [-0.25, -0.2) is 0 Å². The molecule has 0 aromatic heterocycles. The van der Waals surface area contributed by atoms with E-state index in [1.54, 1.807) is 0 Å². The molecule has 0 bridgehead atoms. The van der Waals surface area contributed by atoms with Crippen LogP contribution in [-0.4, -0.2) is 12.7 Å². The predicted octanol–water partition coefficient (Wildman–Crippen LogP) is 4.26. The van der Waals surface area contributed by atoms with Gasteiger partial charge in [0, 0.05) is 7.11 Å². The van der Waals surface area contributed by atoms with Crippen molar-refractivity contribution in [2.24, 2.45) is 11.3 Å². The first-order chi connectivity index (χ1) is 6.37. The van der Waals surface area contributed by atoms with E-state index in [0.29, 0.717) is 5.41 Å². The highest BCUT2D eigenvalue weighted by atomic mass is 16.5. The Morgan fingerprint density at radius 1 is 1.07 bits per heavy atom. The third-order valence-corrected chi connectivity index (χ3v) is 3.03. The number of hydrogen-bond donors (Lipinski definition) is 0. The highest BCUT2D eigenvalue weighted by Gasteiger charge is 2.39. The van der Waals surface area contributed by atoms with Crippen LogP contribution in [0.2, 0.25) is 0 Å². The molecule has 0 aromatic rings. The summed E-state index contributed by atoms with van der Waals surface area (Å²) in [4.78, 5) is 0. The van der Waals surface area contributed by atoms with E-state index in [0.717, 1.165) is 5.92 Å². The molecule has 1 heteroatoms. The van der Waals surface area contributed by atoms with E-state index in [-0.39, 0.29) is 5.60 Å². The van der Waals surface area contributed by atoms with Gasteiger partial charge in [0.2, 0.25) is 0 Å². The third-order valence-electron chi connectivity index (χ3n) is 3.03. The molecule has 1 nitrogen and oxygen atoms in total. The lowest BCUT2D eigenvalue weighted by Crippen LogP contribution is -2.41. The average Bonchev–Trinajstić information content (AvgIpc) is 2.04. The summed E-state index contributed by atoms with van der Waals surface area (Å²) in [6.45, 7) is 13.3. The first kappa shape index (κ1) is 14.0. The van der Waals surface area contributed by atoms with Gasteiger partial charge in [-0.15, -0.1) is 0 Å². The van der Waals surface area contributed by atoms with E-state index in [1.165, 1.54) is 19.3 Å². The summed E-state index contributed by atoms with van der Waals surface area (Å²) in [6, 6.07) is 0. The van der Waals surface area contributed by atoms with E-state index in [9.17, 15) is 0 Å². The number of hydrogen-bond acceptors (Lipinski definition) is 1. The molecule has 0 amide bonds. The van der Waals surface area contributed by atoms with Gasteiger partial charge in [0.1, 0.15) is 0 Å². The topological polar surface area (TPSA) is 9.23 Å². The number of rotatable bonds is 1. The van der Waals surface area contributed by atoms with Gasteiger partial charge in [-0.05, 0) is 37.5 Å². The van der Waals surface area contributed by atoms with Gasteiger partial charge in [0.25, 0.3) is 0 Å². The molecule has 1 aliphatic rings. The van der Waals surface area contributed by atoms with Gasteiger partial charge < -0.3 is 4.74 Å². The van der Waals surface area contributed by atoms with E-state index >= 15 is 0 Å². The maximum absolute atomic E-state index is 5.58. The maximum Gasteiger partial charge on any atom is 0.0658 e. The Morgan fingerprint density at radius 3 is 1.93 bits per heavy atom. The molecule has 0 radical (unpaired) electrons. The normalized spacial score (nSPS) is 35.8. The summed E-state index contributed by atoms with van der Waals surface area (Å²) in [5.41, 5.74) is 0.587. The Labute approximate surface area is 90.2 Å². The van der Waals surface area contributed by atoms with Gasteiger partial charge >= 0.3 is 0 Å². The Hall–Kier alpha value is -0.0400. The maximum atomic E-state index is 5.58. The van der Waals surface area contributed by atoms with Crippen LogP contribution in [0.5, 0.6) is 0 Å². The zero-order chi connectivity index (χ0) is 11.4. The molecule has 0 spiro atoms. The summed E-state index contributed by atoms with van der Waals surface area (Å²) < 4.78 is 5.58. The summed E-state index contributed by atoms with van der Waals surface area (Å²) in [7, 11) is 1.84. The van der Waals surface area contributed by atoms with Crippen molar-refractivity contribution in [2.75, 3.05) is 7.11 Å². The van der Waals surface area contributed by atoms with Crippen molar-refractivity contribution in [2.45, 2.75) is 66.4 Å². The zero-order valence-corrected chi connectivity index (χ0v) is 11.1. The standard InChI is InChI=1S/C11H22O.C2H6/c1-9-6-10(2,3)8-11(4,7-9)12-5;1-2/h9H,6-8H2,1-5H3;1-2H3. The fraction of sp³-hybridized carbons (Fsp3) is 1.00. The van der Waals surface area contributed by atoms with E-state index in [4.69, 9.17) is 4.74 Å². The molecule has 86 valence electrons. The number of methoxy groups -OCH3 is 1. The lowest BCUT2D eigenvalue weighted by atomic mass is 9.66. The molecule has 1 aliphatic carbocycles. The summed E-state index contributed by atoms with van der Waals surface area (Å²) in [5.74, 6) is 0.804. The van der Waals surface area contributed by atoms with Gasteiger partial charge in [-0.2, -0.15) is 0 Å². The highest BCUT2D eigenvalue weighted by molar-refractivity contribution is 4.91. The second kappa shape index (κ2) is 5.16. The van der Waals surface area contributed by atoms with Crippen LogP contribution < -0.4 is 0 Å². The first-order valence-corrected chi connectivity index (χ1v) is 5.92. The average molecular weight is 200 g/mol. The van der Waals surface area contributed by atoms with Crippen LogP contribution in [0.4, 0.5) is 0 Å². The number of ether oxygens (including phenoxy) is 1. The first-order valence-electron chi connectivity index (χ1n) is 5.92. The molecule has 0 heterocycles. The molecule has 0 saturated heterocycles. The predicted molar refractivity (Wildman–Crippen MR) is 63.6 cm³/mol. The minimum Gasteiger partial charge on any atom is -0.378 e. The third kappa shape index (κ3) is 4.00. The molecule has 14 heavy (non-hydrogen) atoms. The van der Waals surface area contributed by atoms with Gasteiger partial charge in [0.15, 0.2) is 0 Å². The molecular formula is C13H28O. The van der Waals surface area contributed by atoms with Gasteiger partial charge in [-0.3, -0.25) is 0 Å². The lowest BCUT2D eigenvalue weighted by Gasteiger charge is -2.44. The Morgan fingerprint density at radius 2 is 1.57 bits per heavy atom. The summed E-state index contributed by atoms with van der Waals surface area (Å²) >= 11 is 0. The summed E-state index contributed by atoms with van der Waals surface area (Å²) in [5, 5.41) is 0. The van der Waals surface area contributed by atoms with Gasteiger partial charge in [0.05, 0.1) is 5.60 Å². The smallest absolute Gasteiger partial charge is 0.0658 e. The van der Waals surface area contributed by atoms with Crippen LogP contribution in [0.25, 0.3) is 0 Å². The monoisotopic (exact) mass is 200 g/mol. The zero-order valence-electron chi connectivity index (χ0n) is 11.1. The van der Waals surface area contributed by atoms with Crippen LogP contribution >= 0.6 is 0 Å². The fourth-order valence-corrected chi connectivity index (χ4v) is 3.06. The van der Waals surface area contributed by atoms with E-state index in [2.05, 4.69) is 27.7 Å². The van der Waals surface area contributed by atoms with Crippen molar-refractivity contribution >= 4 is 0 Å². The van der Waals surface area contributed by atoms with Crippen molar-refractivity contribution in [3.05, 3.63) is 0 Å². The van der Waals surface area contributed by atoms with Crippen molar-refractivity contribution in [3.63, 3.8) is 0 Å². The van der Waals surface area contributed by atoms with Crippen molar-refractivity contribution in [1.29, 1.82) is 0 Å². The van der Waals surface area contributed by atoms with Crippen molar-refractivity contribution in [3.8, 4) is 0 Å². The Bertz CT molecular complexity index is 163. The molecule has 0 aromatic carbocycles. The molecule has 1 rings (SSSR count). The molecule has 0 N–H and O–H groups in total. The van der Waals surface area contributed by atoms with Crippen LogP contribution in [0, 0.1) is 11.3 Å². The minimum atomic E-state index is 0.126. The molecular weight excluding hydrogens is 172 g/mol. The largest absolute Gasteiger partial charge is 0.378 e. The molecule has 1 fully saturated rings. The van der Waals surface area contributed by atoms with E-state index < -0.39 is 0 Å². The Kier molecular flexibility index (Phi) is 5.14. The minimum absolute atomic E-state index is 0.126. The summed E-state index contributed by atoms with van der Waals surface area (Å²) in [6.07, 6.45) is 3.75. The second-order valence-corrected chi connectivity index (χ2v) is 5.51. The second-order valence-electron chi connectivity index (χ2n) is 5.51. The SMILES string of the molecule is CC.COC1(C)CC(C)CC(C)(C)C1. The Balaban J connectivity index is 0.000000791. The molecule has 2 unspecified atom stereocenters. The van der Waals surface area contributed by atoms with Crippen molar-refractivity contribution < 1.29 is 4.74 Å². The molecule has 0 aliphatic heterocycles.